The minimum atomic E-state index is -0.575. The van der Waals surface area contributed by atoms with Gasteiger partial charge in [0.15, 0.2) is 0 Å². The third-order valence-electron chi connectivity index (χ3n) is 17.2. The Morgan fingerprint density at radius 2 is 0.733 bits per heavy atom. The van der Waals surface area contributed by atoms with E-state index in [1.165, 1.54) is 22.3 Å². The molecule has 34 heteroatoms. The van der Waals surface area contributed by atoms with Crippen molar-refractivity contribution in [3.63, 3.8) is 0 Å². The van der Waals surface area contributed by atoms with Crippen LogP contribution in [0.5, 0.6) is 0 Å². The molecule has 3 aliphatic heterocycles. The predicted molar refractivity (Wildman–Crippen MR) is 488 cm³/mol. The van der Waals surface area contributed by atoms with Crippen LogP contribution in [0.3, 0.4) is 0 Å². The number of benzene rings is 4. The number of aromatic nitrogens is 8. The molecular weight excluding hydrogens is 1740 g/mol. The number of ether oxygens (including phenoxy) is 7. The van der Waals surface area contributed by atoms with E-state index >= 15 is 0 Å². The monoisotopic (exact) mass is 1870 g/mol. The van der Waals surface area contributed by atoms with Crippen LogP contribution in [0.1, 0.15) is 156 Å². The standard InChI is InChI=1S/C21H31N2O3.2C20H27N2O3.C12H13N2.C6H8O3.3CH4.4ClH.H6P4.2H5P3/c1-4-19(13-17(3)21(25)26-15-20(24)5-2)23-12-11-22(16-23)14-18-9-7-6-8-10-18;2*1-3-18(11-16(2)20(23)25-14-19-13-24-19)22-10-9-21(15-22)12-17-7-5-4-6-8-17;1-2-13-8-9-14(11-13)10-12-6-4-3-5-7-12;1-2-6(7)9-4-5-3-8-5;;;;;;;;1-4(2)3;2*1-3-2/h6-12,16-17,19-20,24H,4-5,13-15H2,1-3H3;2*4-10,15-16,18-19H,3,11-14H2,1-2H3;2-9,11H,1,10H2;2,5H,1,3-4H2;3*1H4;4*1H;1-3H2;2*3H,1-2H2/q4*+1;;;;;;;;;;;/p-4. The number of nitrogens with zero attached hydrogens (tertiary/aromatic N) is 8. The van der Waals surface area contributed by atoms with Crippen molar-refractivity contribution in [2.45, 2.75) is 184 Å². The van der Waals surface area contributed by atoms with Crippen LogP contribution in [0, 0.1) is 17.8 Å². The van der Waals surface area contributed by atoms with Gasteiger partial charge < -0.3 is 87.9 Å². The van der Waals surface area contributed by atoms with Gasteiger partial charge in [0.2, 0.25) is 25.3 Å². The highest BCUT2D eigenvalue weighted by atomic mass is 35.5. The van der Waals surface area contributed by atoms with Gasteiger partial charge in [-0.05, 0) is 54.9 Å². The minimum Gasteiger partial charge on any atom is -1.00 e. The Balaban J connectivity index is -0.000000665. The van der Waals surface area contributed by atoms with Crippen molar-refractivity contribution >= 4 is 115 Å². The maximum Gasteiger partial charge on any atom is 0.330 e. The van der Waals surface area contributed by atoms with E-state index in [0.29, 0.717) is 46.1 Å². The van der Waals surface area contributed by atoms with Gasteiger partial charge in [-0.1, -0.05) is 221 Å². The molecule has 1 N–H and O–H groups in total. The first-order valence-electron chi connectivity index (χ1n) is 36.8. The van der Waals surface area contributed by atoms with Gasteiger partial charge in [-0.3, -0.25) is 14.4 Å². The fourth-order valence-electron chi connectivity index (χ4n) is 10.8. The molecule has 7 heterocycles. The van der Waals surface area contributed by atoms with Crippen LogP contribution >= 0.6 is 85.4 Å². The number of hydrogen-bond donors (Lipinski definition) is 1. The molecule has 20 nitrogen and oxygen atoms in total. The van der Waals surface area contributed by atoms with E-state index in [1.807, 2.05) is 87.4 Å². The molecule has 0 spiro atoms. The second-order valence-electron chi connectivity index (χ2n) is 26.3. The highest BCUT2D eigenvalue weighted by Crippen LogP contribution is 2.60. The second-order valence-corrected chi connectivity index (χ2v) is 46.6. The second kappa shape index (κ2) is 70.9. The lowest BCUT2D eigenvalue weighted by molar-refractivity contribution is -0.688. The Kier molecular flexibility index (Phi) is 72.5. The summed E-state index contributed by atoms with van der Waals surface area (Å²) < 4.78 is 52.6. The zero-order valence-corrected chi connectivity index (χ0v) is 80.1. The van der Waals surface area contributed by atoms with E-state index in [9.17, 15) is 24.3 Å². The van der Waals surface area contributed by atoms with E-state index in [2.05, 4.69) is 274 Å². The molecule has 652 valence electrons. The third-order valence-corrected chi connectivity index (χ3v) is 17.2. The number of hydrogen-bond acceptors (Lipinski definition) is 12. The summed E-state index contributed by atoms with van der Waals surface area (Å²) in [7, 11) is 20.1. The fourth-order valence-corrected chi connectivity index (χ4v) is 10.8. The van der Waals surface area contributed by atoms with Gasteiger partial charge in [0.05, 0.1) is 49.9 Å². The van der Waals surface area contributed by atoms with E-state index in [1.54, 1.807) is 6.20 Å². The van der Waals surface area contributed by atoms with Crippen molar-refractivity contribution in [3.05, 3.63) is 238 Å². The van der Waals surface area contributed by atoms with E-state index in [-0.39, 0.29) is 164 Å². The van der Waals surface area contributed by atoms with Crippen LogP contribution in [0.4, 0.5) is 0 Å². The van der Waals surface area contributed by atoms with Crippen molar-refractivity contribution in [1.82, 2.24) is 18.3 Å². The topological polar surface area (TPSA) is 198 Å². The molecule has 4 aromatic heterocycles. The van der Waals surface area contributed by atoms with E-state index in [4.69, 9.17) is 28.4 Å². The zero-order chi connectivity index (χ0) is 79.7. The molecular formula is C82H134Cl4N8O12P10. The lowest BCUT2D eigenvalue weighted by Crippen LogP contribution is -3.00. The first-order valence-corrected chi connectivity index (χ1v) is 52.3. The van der Waals surface area contributed by atoms with Crippen LogP contribution in [0.2, 0.25) is 0 Å². The summed E-state index contributed by atoms with van der Waals surface area (Å²) in [5.41, 5.74) is 5.11. The van der Waals surface area contributed by atoms with Gasteiger partial charge in [-0.15, -0.1) is 62.5 Å². The molecule has 3 saturated heterocycles. The first-order chi connectivity index (χ1) is 52.6. The normalized spacial score (nSPS) is 14.9. The molecule has 3 fully saturated rings. The van der Waals surface area contributed by atoms with Crippen molar-refractivity contribution < 1.29 is 125 Å². The molecule has 0 amide bonds. The van der Waals surface area contributed by atoms with Crippen LogP contribution in [0.25, 0.3) is 6.20 Å². The Morgan fingerprint density at radius 3 is 0.974 bits per heavy atom. The maximum atomic E-state index is 12.1. The van der Waals surface area contributed by atoms with E-state index < -0.39 is 6.10 Å². The molecule has 0 radical (unpaired) electrons. The third kappa shape index (κ3) is 53.3. The molecule has 0 saturated carbocycles. The Bertz CT molecular complexity index is 3660. The first kappa shape index (κ1) is 119. The zero-order valence-electron chi connectivity index (χ0n) is 66.1. The quantitative estimate of drug-likeness (QED) is 0.0143. The smallest absolute Gasteiger partial charge is 0.330 e. The number of halogens is 4. The van der Waals surface area contributed by atoms with Gasteiger partial charge in [-0.2, -0.15) is 0 Å². The predicted octanol–water partition coefficient (Wildman–Crippen LogP) is 4.89. The Hall–Kier alpha value is -3.62. The summed E-state index contributed by atoms with van der Waals surface area (Å²) in [4.78, 5) is 46.7. The summed E-state index contributed by atoms with van der Waals surface area (Å²) in [5, 5.41) is 9.53. The SMILES string of the molecule is C.C.C.C=CC(=O)OCC1CO1.C=Cn1cc[n+](Cc2ccccc2)c1.CCC(CC(C)C(=O)OCC1CO1)n1cc[n+](Cc2ccccc2)c1.CCC(CC(C)C(=O)OCC1CO1)n1cc[n+](Cc2ccccc2)c1.CCC(O)COC(=O)C(C)CC(CC)n1cc[n+](Cc2ccccc2)c1.PP(P)P.PPP.PPP.[Cl-].[Cl-].[Cl-].[Cl-]. The average Bonchev–Trinajstić information content (AvgIpc) is 1.72. The summed E-state index contributed by atoms with van der Waals surface area (Å²) in [6, 6.07) is 42.4. The number of esters is 4. The number of imidazole rings is 4. The molecule has 11 rings (SSSR count). The van der Waals surface area contributed by atoms with Crippen molar-refractivity contribution in [1.29, 1.82) is 0 Å². The number of aliphatic hydroxyl groups is 1. The van der Waals surface area contributed by atoms with Crippen molar-refractivity contribution in [3.8, 4) is 0 Å². The Morgan fingerprint density at radius 1 is 0.474 bits per heavy atom. The van der Waals surface area contributed by atoms with Gasteiger partial charge in [-0.25, -0.2) is 41.3 Å². The number of epoxide rings is 3. The molecule has 17 unspecified atom stereocenters. The summed E-state index contributed by atoms with van der Waals surface area (Å²) in [6.45, 7) is 28.0. The summed E-state index contributed by atoms with van der Waals surface area (Å²) in [6.07, 6.45) is 33.4. The van der Waals surface area contributed by atoms with Gasteiger partial charge in [0.25, 0.3) is 0 Å². The lowest BCUT2D eigenvalue weighted by atomic mass is 10.00. The summed E-state index contributed by atoms with van der Waals surface area (Å²) >= 11 is 0. The van der Waals surface area contributed by atoms with Crippen molar-refractivity contribution in [2.24, 2.45) is 17.8 Å². The largest absolute Gasteiger partial charge is 1.00 e. The minimum absolute atomic E-state index is 0. The Labute approximate surface area is 739 Å². The molecule has 17 atom stereocenters. The van der Waals surface area contributed by atoms with Crippen LogP contribution in [-0.4, -0.2) is 118 Å². The van der Waals surface area contributed by atoms with Gasteiger partial charge in [0, 0.05) is 25.3 Å². The van der Waals surface area contributed by atoms with Gasteiger partial charge >= 0.3 is 23.9 Å². The average molecular weight is 1880 g/mol. The molecule has 4 aromatic carbocycles. The molecule has 116 heavy (non-hydrogen) atoms. The molecule has 0 bridgehead atoms. The molecule has 0 aliphatic carbocycles. The van der Waals surface area contributed by atoms with Crippen molar-refractivity contribution in [2.75, 3.05) is 46.2 Å². The van der Waals surface area contributed by atoms with Crippen LogP contribution < -0.4 is 67.9 Å². The van der Waals surface area contributed by atoms with Crippen LogP contribution in [0.15, 0.2) is 215 Å². The number of rotatable bonds is 34. The number of carbonyl (C=O) groups excluding carboxylic acids is 4. The number of aliphatic hydroxyl groups excluding tert-OH is 1. The highest BCUT2D eigenvalue weighted by Gasteiger charge is 2.31. The molecule has 8 aromatic rings. The highest BCUT2D eigenvalue weighted by molar-refractivity contribution is 8.65. The van der Waals surface area contributed by atoms with E-state index in [0.717, 1.165) is 86.7 Å². The van der Waals surface area contributed by atoms with Crippen LogP contribution in [-0.2, 0) is 78.5 Å². The lowest BCUT2D eigenvalue weighted by Gasteiger charge is -2.17. The maximum absolute atomic E-state index is 12.1. The molecule has 3 aliphatic rings. The fraction of sp³-hybridized carbons (Fsp3) is 0.463. The number of carbonyl (C=O) groups is 4. The summed E-state index contributed by atoms with van der Waals surface area (Å²) in [5.74, 6) is -1.31. The van der Waals surface area contributed by atoms with Gasteiger partial charge in [0.1, 0.15) is 139 Å².